The molecule has 30 heavy (non-hydrogen) atoms. The molecule has 154 valence electrons. The van der Waals surface area contributed by atoms with Crippen LogP contribution in [0.5, 0.6) is 0 Å². The summed E-state index contributed by atoms with van der Waals surface area (Å²) >= 11 is 5.60. The van der Waals surface area contributed by atoms with Crippen molar-refractivity contribution in [3.63, 3.8) is 0 Å². The molecule has 7 heteroatoms. The van der Waals surface area contributed by atoms with Crippen LogP contribution in [0.15, 0.2) is 57.7 Å². The van der Waals surface area contributed by atoms with E-state index in [1.54, 1.807) is 6.92 Å². The van der Waals surface area contributed by atoms with Gasteiger partial charge in [-0.1, -0.05) is 0 Å². The normalized spacial score (nSPS) is 14.1. The third-order valence-electron chi connectivity index (χ3n) is 5.41. The highest BCUT2D eigenvalue weighted by molar-refractivity contribution is 7.80. The molecule has 0 amide bonds. The fourth-order valence-electron chi connectivity index (χ4n) is 3.68. The number of ketones is 1. The van der Waals surface area contributed by atoms with Gasteiger partial charge in [0.05, 0.1) is 0 Å². The third-order valence-corrected chi connectivity index (χ3v) is 5.77. The van der Waals surface area contributed by atoms with Gasteiger partial charge in [-0.25, -0.2) is 4.79 Å². The molecule has 3 aromatic rings. The topological polar surface area (TPSA) is 65.8 Å². The third kappa shape index (κ3) is 4.21. The Kier molecular flexibility index (Phi) is 5.55. The number of piperazine rings is 1. The number of nitrogens with one attached hydrogen (secondary N) is 1. The molecule has 0 radical (unpaired) electrons. The molecule has 1 saturated heterocycles. The van der Waals surface area contributed by atoms with E-state index >= 15 is 0 Å². The minimum absolute atomic E-state index is 0.0749. The zero-order valence-electron chi connectivity index (χ0n) is 17.0. The fraction of sp³-hybridized carbons (Fsp3) is 0.261. The lowest BCUT2D eigenvalue weighted by atomic mass is 10.1. The van der Waals surface area contributed by atoms with Gasteiger partial charge in [0.15, 0.2) is 10.9 Å². The highest BCUT2D eigenvalue weighted by Crippen LogP contribution is 2.22. The molecular weight excluding hydrogens is 398 g/mol. The van der Waals surface area contributed by atoms with Crippen LogP contribution in [0.1, 0.15) is 22.8 Å². The minimum Gasteiger partial charge on any atom is -0.423 e. The Morgan fingerprint density at radius 2 is 1.73 bits per heavy atom. The largest absolute Gasteiger partial charge is 0.423 e. The van der Waals surface area contributed by atoms with E-state index in [1.807, 2.05) is 49.4 Å². The molecule has 2 heterocycles. The van der Waals surface area contributed by atoms with Crippen LogP contribution >= 0.6 is 12.2 Å². The Hall–Kier alpha value is -3.19. The number of aryl methyl sites for hydroxylation is 1. The summed E-state index contributed by atoms with van der Waals surface area (Å²) in [6.07, 6.45) is 0. The summed E-state index contributed by atoms with van der Waals surface area (Å²) in [6.45, 7) is 6.74. The first-order valence-corrected chi connectivity index (χ1v) is 10.3. The van der Waals surface area contributed by atoms with Gasteiger partial charge in [0.25, 0.3) is 0 Å². The quantitative estimate of drug-likeness (QED) is 0.392. The van der Waals surface area contributed by atoms with E-state index in [0.29, 0.717) is 10.7 Å². The van der Waals surface area contributed by atoms with Crippen molar-refractivity contribution in [3.05, 3.63) is 70.1 Å². The summed E-state index contributed by atoms with van der Waals surface area (Å²) < 4.78 is 5.32. The number of Topliss-reactive ketones (excluding diaryl/α,β-unsaturated/α-hetero) is 1. The van der Waals surface area contributed by atoms with Gasteiger partial charge in [-0.15, -0.1) is 0 Å². The van der Waals surface area contributed by atoms with Gasteiger partial charge in [0.1, 0.15) is 5.58 Å². The lowest BCUT2D eigenvalue weighted by Crippen LogP contribution is -2.50. The minimum atomic E-state index is -0.354. The number of thiocarbonyl (C=S) groups is 1. The predicted molar refractivity (Wildman–Crippen MR) is 124 cm³/mol. The zero-order chi connectivity index (χ0) is 21.3. The average molecular weight is 422 g/mol. The molecule has 0 aliphatic carbocycles. The number of hydrogen-bond acceptors (Lipinski definition) is 5. The Bertz CT molecular complexity index is 1160. The van der Waals surface area contributed by atoms with Crippen molar-refractivity contribution in [2.24, 2.45) is 0 Å². The van der Waals surface area contributed by atoms with E-state index in [2.05, 4.69) is 15.1 Å². The van der Waals surface area contributed by atoms with Crippen molar-refractivity contribution in [1.82, 2.24) is 4.90 Å². The molecule has 1 N–H and O–H groups in total. The molecule has 0 saturated carbocycles. The first-order valence-electron chi connectivity index (χ1n) is 9.87. The molecule has 1 aromatic heterocycles. The molecular formula is C23H23N3O3S. The van der Waals surface area contributed by atoms with Crippen molar-refractivity contribution >= 4 is 45.5 Å². The molecule has 0 bridgehead atoms. The maximum absolute atomic E-state index is 11.6. The van der Waals surface area contributed by atoms with Gasteiger partial charge in [-0.2, -0.15) is 0 Å². The van der Waals surface area contributed by atoms with Crippen LogP contribution in [0.4, 0.5) is 11.4 Å². The number of benzene rings is 2. The smallest absolute Gasteiger partial charge is 0.336 e. The summed E-state index contributed by atoms with van der Waals surface area (Å²) in [7, 11) is 0. The summed E-state index contributed by atoms with van der Waals surface area (Å²) in [6, 6.07) is 14.9. The van der Waals surface area contributed by atoms with Crippen molar-refractivity contribution in [2.45, 2.75) is 13.8 Å². The van der Waals surface area contributed by atoms with Crippen molar-refractivity contribution in [2.75, 3.05) is 36.4 Å². The Morgan fingerprint density at radius 1 is 1.03 bits per heavy atom. The summed E-state index contributed by atoms with van der Waals surface area (Å²) in [5.41, 5.74) is 3.72. The van der Waals surface area contributed by atoms with E-state index in [-0.39, 0.29) is 11.4 Å². The average Bonchev–Trinajstić information content (AvgIpc) is 2.73. The highest BCUT2D eigenvalue weighted by Gasteiger charge is 2.19. The van der Waals surface area contributed by atoms with E-state index in [4.69, 9.17) is 16.6 Å². The number of nitrogens with zero attached hydrogens (tertiary/aromatic N) is 2. The van der Waals surface area contributed by atoms with Gasteiger partial charge in [0.2, 0.25) is 0 Å². The van der Waals surface area contributed by atoms with Crippen LogP contribution in [-0.2, 0) is 0 Å². The van der Waals surface area contributed by atoms with Gasteiger partial charge >= 0.3 is 5.63 Å². The van der Waals surface area contributed by atoms with Crippen LogP contribution in [-0.4, -0.2) is 42.0 Å². The van der Waals surface area contributed by atoms with E-state index in [1.165, 1.54) is 6.07 Å². The maximum atomic E-state index is 11.6. The van der Waals surface area contributed by atoms with E-state index in [9.17, 15) is 9.59 Å². The van der Waals surface area contributed by atoms with Crippen LogP contribution < -0.4 is 15.8 Å². The lowest BCUT2D eigenvalue weighted by Gasteiger charge is -2.37. The Balaban J connectivity index is 1.39. The monoisotopic (exact) mass is 421 g/mol. The number of hydrogen-bond donors (Lipinski definition) is 1. The standard InChI is InChI=1S/C23H23N3O3S/c1-15-13-22(28)29-21-14-18(5-8-20(15)21)24-23(30)26-11-9-25(10-12-26)19-6-3-17(4-7-19)16(2)27/h3-8,13-14H,9-12H2,1-2H3,(H,24,30). The van der Waals surface area contributed by atoms with Gasteiger partial charge < -0.3 is 19.5 Å². The summed E-state index contributed by atoms with van der Waals surface area (Å²) in [5, 5.41) is 4.82. The first kappa shape index (κ1) is 20.1. The van der Waals surface area contributed by atoms with Crippen LogP contribution in [0, 0.1) is 6.92 Å². The van der Waals surface area contributed by atoms with Gasteiger partial charge in [0, 0.05) is 60.6 Å². The second kappa shape index (κ2) is 8.28. The second-order valence-electron chi connectivity index (χ2n) is 7.47. The molecule has 4 rings (SSSR count). The SMILES string of the molecule is CC(=O)c1ccc(N2CCN(C(=S)Nc3ccc4c(C)cc(=O)oc4c3)CC2)cc1. The number of carbonyl (C=O) groups excluding carboxylic acids is 1. The van der Waals surface area contributed by atoms with Gasteiger partial charge in [-0.05, 0) is 68.0 Å². The molecule has 1 aliphatic rings. The lowest BCUT2D eigenvalue weighted by molar-refractivity contribution is 0.101. The van der Waals surface area contributed by atoms with E-state index in [0.717, 1.165) is 54.1 Å². The number of rotatable bonds is 3. The molecule has 1 fully saturated rings. The Labute approximate surface area is 180 Å². The summed E-state index contributed by atoms with van der Waals surface area (Å²) in [4.78, 5) is 27.5. The molecule has 1 aliphatic heterocycles. The summed E-state index contributed by atoms with van der Waals surface area (Å²) in [5.74, 6) is 0.0749. The van der Waals surface area contributed by atoms with Crippen molar-refractivity contribution < 1.29 is 9.21 Å². The van der Waals surface area contributed by atoms with Crippen molar-refractivity contribution in [3.8, 4) is 0 Å². The van der Waals surface area contributed by atoms with E-state index < -0.39 is 0 Å². The van der Waals surface area contributed by atoms with Crippen LogP contribution in [0.2, 0.25) is 0 Å². The number of fused-ring (bicyclic) bond motifs is 1. The first-order chi connectivity index (χ1) is 14.4. The maximum Gasteiger partial charge on any atom is 0.336 e. The molecule has 0 unspecified atom stereocenters. The Morgan fingerprint density at radius 3 is 2.40 bits per heavy atom. The predicted octanol–water partition coefficient (Wildman–Crippen LogP) is 3.82. The van der Waals surface area contributed by atoms with Crippen LogP contribution in [0.3, 0.4) is 0 Å². The zero-order valence-corrected chi connectivity index (χ0v) is 17.8. The second-order valence-corrected chi connectivity index (χ2v) is 7.85. The van der Waals surface area contributed by atoms with Crippen LogP contribution in [0.25, 0.3) is 11.0 Å². The molecule has 6 nitrogen and oxygen atoms in total. The molecule has 2 aromatic carbocycles. The van der Waals surface area contributed by atoms with Crippen molar-refractivity contribution in [1.29, 1.82) is 0 Å². The number of anilines is 2. The molecule has 0 atom stereocenters. The highest BCUT2D eigenvalue weighted by atomic mass is 32.1. The number of carbonyl (C=O) groups is 1. The molecule has 0 spiro atoms. The fourth-order valence-corrected chi connectivity index (χ4v) is 3.98. The van der Waals surface area contributed by atoms with Gasteiger partial charge in [-0.3, -0.25) is 4.79 Å².